The molecule has 38 heavy (non-hydrogen) atoms. The molecule has 0 radical (unpaired) electrons. The van der Waals surface area contributed by atoms with Crippen LogP contribution < -0.4 is 15.0 Å². The van der Waals surface area contributed by atoms with Gasteiger partial charge in [0.2, 0.25) is 0 Å². The molecule has 2 aromatic heterocycles. The van der Waals surface area contributed by atoms with Crippen molar-refractivity contribution < 1.29 is 4.74 Å². The normalized spacial score (nSPS) is 19.7. The molecule has 1 saturated carbocycles. The zero-order chi connectivity index (χ0) is 26.2. The number of nitrogens with one attached hydrogen (secondary N) is 1. The molecule has 194 valence electrons. The maximum atomic E-state index is 6.24. The third-order valence-electron chi connectivity index (χ3n) is 7.96. The SMILES string of the molecule is Cc1ccccc1-n1c(C)cc([C@H]2[C@H](c3ccccn3)NC(=S)N2c2ccc(OC3CCCC3)cc2)c1C. The minimum absolute atomic E-state index is 0.0528. The molecular weight excluding hydrogens is 488 g/mol. The molecule has 0 amide bonds. The Morgan fingerprint density at radius 1 is 0.921 bits per heavy atom. The van der Waals surface area contributed by atoms with E-state index in [4.69, 9.17) is 21.9 Å². The van der Waals surface area contributed by atoms with Crippen molar-refractivity contribution in [1.82, 2.24) is 14.9 Å². The second-order valence-electron chi connectivity index (χ2n) is 10.5. The molecule has 2 atom stereocenters. The van der Waals surface area contributed by atoms with Crippen molar-refractivity contribution >= 4 is 23.0 Å². The van der Waals surface area contributed by atoms with Crippen molar-refractivity contribution in [3.8, 4) is 11.4 Å². The van der Waals surface area contributed by atoms with E-state index in [0.29, 0.717) is 11.2 Å². The highest BCUT2D eigenvalue weighted by Gasteiger charge is 2.42. The lowest BCUT2D eigenvalue weighted by Crippen LogP contribution is -2.29. The predicted octanol–water partition coefficient (Wildman–Crippen LogP) is 7.30. The van der Waals surface area contributed by atoms with Crippen LogP contribution in [-0.4, -0.2) is 20.8 Å². The van der Waals surface area contributed by atoms with E-state index in [2.05, 4.69) is 96.2 Å². The van der Waals surface area contributed by atoms with Gasteiger partial charge in [0.05, 0.1) is 23.9 Å². The van der Waals surface area contributed by atoms with Gasteiger partial charge in [0.15, 0.2) is 5.11 Å². The molecule has 6 rings (SSSR count). The molecule has 2 aliphatic rings. The topological polar surface area (TPSA) is 42.3 Å². The number of hydrogen-bond donors (Lipinski definition) is 1. The van der Waals surface area contributed by atoms with Crippen molar-refractivity contribution in [1.29, 1.82) is 0 Å². The largest absolute Gasteiger partial charge is 0.490 e. The second kappa shape index (κ2) is 10.3. The Hall–Kier alpha value is -3.64. The molecule has 0 bridgehead atoms. The minimum atomic E-state index is -0.0797. The quantitative estimate of drug-likeness (QED) is 0.269. The average Bonchev–Trinajstić information content (AvgIpc) is 3.63. The van der Waals surface area contributed by atoms with Gasteiger partial charge < -0.3 is 19.5 Å². The van der Waals surface area contributed by atoms with E-state index in [0.717, 1.165) is 30.0 Å². The lowest BCUT2D eigenvalue weighted by molar-refractivity contribution is 0.210. The highest BCUT2D eigenvalue weighted by Crippen LogP contribution is 2.44. The van der Waals surface area contributed by atoms with Crippen LogP contribution in [0.25, 0.3) is 5.69 Å². The molecule has 2 aromatic carbocycles. The number of thiocarbonyl (C=S) groups is 1. The van der Waals surface area contributed by atoms with Crippen molar-refractivity contribution in [3.05, 3.63) is 107 Å². The molecule has 6 heteroatoms. The van der Waals surface area contributed by atoms with Gasteiger partial charge in [-0.3, -0.25) is 4.98 Å². The number of pyridine rings is 1. The number of aromatic nitrogens is 2. The highest BCUT2D eigenvalue weighted by molar-refractivity contribution is 7.80. The first kappa shape index (κ1) is 24.7. The Kier molecular flexibility index (Phi) is 6.66. The molecule has 1 aliphatic heterocycles. The van der Waals surface area contributed by atoms with Crippen LogP contribution in [-0.2, 0) is 0 Å². The minimum Gasteiger partial charge on any atom is -0.490 e. The number of ether oxygens (including phenoxy) is 1. The monoisotopic (exact) mass is 522 g/mol. The lowest BCUT2D eigenvalue weighted by Gasteiger charge is -2.28. The summed E-state index contributed by atoms with van der Waals surface area (Å²) in [5.74, 6) is 0.925. The number of rotatable bonds is 6. The molecule has 0 spiro atoms. The fourth-order valence-electron chi connectivity index (χ4n) is 6.11. The zero-order valence-corrected chi connectivity index (χ0v) is 23.0. The Morgan fingerprint density at radius 2 is 1.66 bits per heavy atom. The number of anilines is 1. The average molecular weight is 523 g/mol. The summed E-state index contributed by atoms with van der Waals surface area (Å²) in [5.41, 5.74) is 8.12. The Morgan fingerprint density at radius 3 is 2.37 bits per heavy atom. The van der Waals surface area contributed by atoms with Gasteiger partial charge in [-0.25, -0.2) is 0 Å². The molecule has 1 N–H and O–H groups in total. The predicted molar refractivity (Wildman–Crippen MR) is 157 cm³/mol. The molecule has 4 aromatic rings. The summed E-state index contributed by atoms with van der Waals surface area (Å²) < 4.78 is 8.60. The first-order valence-corrected chi connectivity index (χ1v) is 13.9. The van der Waals surface area contributed by atoms with Crippen LogP contribution in [0.1, 0.15) is 66.0 Å². The Labute approximate surface area is 230 Å². The first-order valence-electron chi connectivity index (χ1n) is 13.5. The van der Waals surface area contributed by atoms with Crippen molar-refractivity contribution in [2.45, 2.75) is 64.6 Å². The van der Waals surface area contributed by atoms with Crippen LogP contribution in [0.15, 0.2) is 79.0 Å². The van der Waals surface area contributed by atoms with E-state index in [-0.39, 0.29) is 12.1 Å². The zero-order valence-electron chi connectivity index (χ0n) is 22.2. The van der Waals surface area contributed by atoms with Crippen LogP contribution in [0.5, 0.6) is 5.75 Å². The second-order valence-corrected chi connectivity index (χ2v) is 10.8. The smallest absolute Gasteiger partial charge is 0.174 e. The van der Waals surface area contributed by atoms with E-state index in [1.807, 2.05) is 18.3 Å². The Bertz CT molecular complexity index is 1440. The number of benzene rings is 2. The van der Waals surface area contributed by atoms with Crippen LogP contribution in [0.2, 0.25) is 0 Å². The van der Waals surface area contributed by atoms with Gasteiger partial charge >= 0.3 is 0 Å². The summed E-state index contributed by atoms with van der Waals surface area (Å²) in [4.78, 5) is 6.97. The summed E-state index contributed by atoms with van der Waals surface area (Å²) in [6.45, 7) is 6.56. The lowest BCUT2D eigenvalue weighted by atomic mass is 9.96. The molecule has 3 heterocycles. The fourth-order valence-corrected chi connectivity index (χ4v) is 6.45. The van der Waals surface area contributed by atoms with Crippen LogP contribution in [0.4, 0.5) is 5.69 Å². The van der Waals surface area contributed by atoms with Gasteiger partial charge in [-0.15, -0.1) is 0 Å². The maximum Gasteiger partial charge on any atom is 0.174 e. The van der Waals surface area contributed by atoms with Crippen molar-refractivity contribution in [3.63, 3.8) is 0 Å². The number of hydrogen-bond acceptors (Lipinski definition) is 3. The van der Waals surface area contributed by atoms with Gasteiger partial charge in [-0.1, -0.05) is 24.3 Å². The van der Waals surface area contributed by atoms with Crippen molar-refractivity contribution in [2.75, 3.05) is 4.90 Å². The summed E-state index contributed by atoms with van der Waals surface area (Å²) in [6, 6.07) is 25.2. The van der Waals surface area contributed by atoms with E-state index in [9.17, 15) is 0 Å². The van der Waals surface area contributed by atoms with Crippen LogP contribution >= 0.6 is 12.2 Å². The van der Waals surface area contributed by atoms with E-state index in [1.165, 1.54) is 41.0 Å². The standard InChI is InChI=1S/C32H34N4OS/c1-21-10-4-7-14-29(21)35-22(2)20-27(23(35)3)31-30(28-13-8-9-19-33-28)34-32(38)36(31)24-15-17-26(18-16-24)37-25-11-5-6-12-25/h4,7-10,13-20,25,30-31H,5-6,11-12H2,1-3H3,(H,34,38)/t30-,31-/m0/s1. The van der Waals surface area contributed by atoms with Crippen molar-refractivity contribution in [2.24, 2.45) is 0 Å². The van der Waals surface area contributed by atoms with Gasteiger partial charge in [0.1, 0.15) is 5.75 Å². The summed E-state index contributed by atoms with van der Waals surface area (Å²) in [7, 11) is 0. The molecule has 1 aliphatic carbocycles. The van der Waals surface area contributed by atoms with Gasteiger partial charge in [0.25, 0.3) is 0 Å². The van der Waals surface area contributed by atoms with Gasteiger partial charge in [-0.2, -0.15) is 0 Å². The molecule has 2 fully saturated rings. The van der Waals surface area contributed by atoms with Gasteiger partial charge in [-0.05, 0) is 118 Å². The maximum absolute atomic E-state index is 6.24. The van der Waals surface area contributed by atoms with E-state index in [1.54, 1.807) is 0 Å². The summed E-state index contributed by atoms with van der Waals surface area (Å²) in [5, 5.41) is 4.31. The third-order valence-corrected chi connectivity index (χ3v) is 8.28. The van der Waals surface area contributed by atoms with Crippen LogP contribution in [0, 0.1) is 20.8 Å². The van der Waals surface area contributed by atoms with Gasteiger partial charge in [0, 0.05) is 29.0 Å². The van der Waals surface area contributed by atoms with Crippen LogP contribution in [0.3, 0.4) is 0 Å². The summed E-state index contributed by atoms with van der Waals surface area (Å²) in [6.07, 6.45) is 7.00. The number of para-hydroxylation sites is 1. The number of nitrogens with zero attached hydrogens (tertiary/aromatic N) is 3. The molecule has 5 nitrogen and oxygen atoms in total. The first-order chi connectivity index (χ1) is 18.5. The molecule has 1 saturated heterocycles. The third kappa shape index (κ3) is 4.47. The molecule has 0 unspecified atom stereocenters. The summed E-state index contributed by atoms with van der Waals surface area (Å²) >= 11 is 5.97. The number of aryl methyl sites for hydroxylation is 2. The van der Waals surface area contributed by atoms with E-state index < -0.39 is 0 Å². The highest BCUT2D eigenvalue weighted by atomic mass is 32.1. The Balaban J connectivity index is 1.42. The fraction of sp³-hybridized carbons (Fsp3) is 0.312. The van der Waals surface area contributed by atoms with E-state index >= 15 is 0 Å². The molecular formula is C32H34N4OS.